The van der Waals surface area contributed by atoms with Crippen molar-refractivity contribution in [3.8, 4) is 0 Å². The third kappa shape index (κ3) is 8.94. The molecule has 0 aromatic rings. The number of hydrogen-bond donors (Lipinski definition) is 12. The summed E-state index contributed by atoms with van der Waals surface area (Å²) in [5, 5.41) is 130. The lowest BCUT2D eigenvalue weighted by Crippen LogP contribution is -2.68. The predicted octanol–water partition coefficient (Wildman–Crippen LogP) is -0.666. The Morgan fingerprint density at radius 2 is 1.22 bits per heavy atom. The summed E-state index contributed by atoms with van der Waals surface area (Å²) in [6.07, 6.45) is -23.4. The first-order valence-electron chi connectivity index (χ1n) is 26.6. The highest BCUT2D eigenvalue weighted by atomic mass is 16.8. The normalized spacial score (nSPS) is 54.0. The van der Waals surface area contributed by atoms with Gasteiger partial charge in [0.2, 0.25) is 6.29 Å². The van der Waals surface area contributed by atoms with Crippen LogP contribution in [0.2, 0.25) is 0 Å². The first kappa shape index (κ1) is 56.7. The lowest BCUT2D eigenvalue weighted by atomic mass is 9.33. The Balaban J connectivity index is 0.944. The largest absolute Gasteiger partial charge is 0.479 e. The second kappa shape index (κ2) is 19.9. The molecule has 9 aliphatic rings. The Labute approximate surface area is 430 Å². The zero-order valence-corrected chi connectivity index (χ0v) is 43.6. The number of esters is 1. The first-order chi connectivity index (χ1) is 34.4. The molecule has 0 bridgehead atoms. The maximum atomic E-state index is 15.3. The average molecular weight is 1060 g/mol. The number of carbonyl (C=O) groups excluding carboxylic acids is 1. The van der Waals surface area contributed by atoms with Crippen LogP contribution in [0.4, 0.5) is 0 Å². The number of ether oxygens (including phenoxy) is 8. The standard InChI is InChI=1S/C52H82O22/c1-21-38(71-42-35(61)30(56)24(53)19-67-42)34(60)37(63)43(69-21)73-40-31(57)25(54)20-68-45(40)74-46(66)52-16-15-47(2,3)17-23(52)22-9-10-27-49(6)13-12-29(70-44-36(62)32(58)33(59)39(72-44)41(64)65)48(4,5)26(49)11-14-50(27,7)51(22,8)18-28(52)55/h9,21,23-40,42-45,53-63H,10-20H2,1-8H3,(H,64,65)/t21-,23-,24+,25+,26-,27+,28+,29-,30-,31+,32-,33-,34-,35+,36+,37+,38-,39-,40-,42-,43-,44+,45+,49-,50+,51+,52+/m0/s1. The van der Waals surface area contributed by atoms with Gasteiger partial charge in [0.15, 0.2) is 31.1 Å². The highest BCUT2D eigenvalue weighted by Gasteiger charge is 2.72. The van der Waals surface area contributed by atoms with E-state index in [4.69, 9.17) is 37.9 Å². The molecule has 8 fully saturated rings. The van der Waals surface area contributed by atoms with Gasteiger partial charge in [-0.25, -0.2) is 4.79 Å². The molecular formula is C52H82O22. The average Bonchev–Trinajstić information content (AvgIpc) is 3.32. The van der Waals surface area contributed by atoms with Gasteiger partial charge in [-0.2, -0.15) is 0 Å². The smallest absolute Gasteiger partial charge is 0.335 e. The number of hydrogen-bond acceptors (Lipinski definition) is 21. The molecule has 27 atom stereocenters. The molecule has 0 aromatic heterocycles. The molecule has 4 aliphatic heterocycles. The fraction of sp³-hybridized carbons (Fsp3) is 0.923. The van der Waals surface area contributed by atoms with Crippen molar-refractivity contribution < 1.29 is 109 Å². The second-order valence-corrected chi connectivity index (χ2v) is 25.5. The van der Waals surface area contributed by atoms with Gasteiger partial charge in [-0.15, -0.1) is 0 Å². The van der Waals surface area contributed by atoms with Gasteiger partial charge < -0.3 is 99.2 Å². The van der Waals surface area contributed by atoms with Crippen LogP contribution in [0.5, 0.6) is 0 Å². The van der Waals surface area contributed by atoms with Crippen molar-refractivity contribution in [2.45, 2.75) is 236 Å². The van der Waals surface area contributed by atoms with Gasteiger partial charge in [0.05, 0.1) is 31.5 Å². The van der Waals surface area contributed by atoms with Gasteiger partial charge in [-0.05, 0) is 110 Å². The van der Waals surface area contributed by atoms with Crippen molar-refractivity contribution in [3.05, 3.63) is 11.6 Å². The number of rotatable bonds is 9. The number of fused-ring (bicyclic) bond motifs is 7. The van der Waals surface area contributed by atoms with Crippen LogP contribution in [0, 0.1) is 50.2 Å². The van der Waals surface area contributed by atoms with Crippen LogP contribution in [0.25, 0.3) is 0 Å². The fourth-order valence-electron chi connectivity index (χ4n) is 16.0. The van der Waals surface area contributed by atoms with Crippen molar-refractivity contribution in [2.75, 3.05) is 13.2 Å². The van der Waals surface area contributed by atoms with Crippen LogP contribution in [-0.4, -0.2) is 209 Å². The summed E-state index contributed by atoms with van der Waals surface area (Å²) in [5.41, 5.74) is -2.35. The molecule has 12 N–H and O–H groups in total. The Kier molecular flexibility index (Phi) is 15.3. The summed E-state index contributed by atoms with van der Waals surface area (Å²) < 4.78 is 47.1. The summed E-state index contributed by atoms with van der Waals surface area (Å²) in [7, 11) is 0. The SMILES string of the molecule is C[C@@H]1O[C@@H](O[C@@H]2[C@@H](OC(=O)[C@]34CCC(C)(C)C[C@H]3C3=CC[C@@H]5[C@@]6(C)CC[C@H](O[C@@H]7O[C@H](C(=O)O)[C@@H](O)[C@H](O)[C@H]7O)C(C)(C)[C@@H]6CC[C@@]5(C)[C@]3(C)C[C@H]4O)OC[C@@H](O)[C@H]2O)[C@H](O)[C@H](O)[C@H]1O[C@@H]1OC[C@@H](O)[C@H](O)[C@H]1O. The molecule has 4 saturated heterocycles. The molecule has 0 spiro atoms. The molecule has 0 aromatic carbocycles. The summed E-state index contributed by atoms with van der Waals surface area (Å²) in [5.74, 6) is -2.53. The van der Waals surface area contributed by atoms with Crippen LogP contribution in [0.1, 0.15) is 113 Å². The summed E-state index contributed by atoms with van der Waals surface area (Å²) in [4.78, 5) is 27.2. The summed E-state index contributed by atoms with van der Waals surface area (Å²) >= 11 is 0. The number of aliphatic carboxylic acids is 1. The molecule has 4 heterocycles. The van der Waals surface area contributed by atoms with E-state index in [0.717, 1.165) is 18.4 Å². The van der Waals surface area contributed by atoms with Gasteiger partial charge >= 0.3 is 11.9 Å². The Bertz CT molecular complexity index is 2110. The molecular weight excluding hydrogens is 977 g/mol. The maximum Gasteiger partial charge on any atom is 0.335 e. The molecule has 0 radical (unpaired) electrons. The minimum Gasteiger partial charge on any atom is -0.479 e. The minimum absolute atomic E-state index is 0.0880. The van der Waals surface area contributed by atoms with Crippen molar-refractivity contribution in [2.24, 2.45) is 50.2 Å². The zero-order chi connectivity index (χ0) is 54.2. The van der Waals surface area contributed by atoms with Gasteiger partial charge in [-0.3, -0.25) is 4.79 Å². The van der Waals surface area contributed by atoms with Crippen LogP contribution in [0.3, 0.4) is 0 Å². The van der Waals surface area contributed by atoms with Crippen molar-refractivity contribution in [3.63, 3.8) is 0 Å². The van der Waals surface area contributed by atoms with Crippen molar-refractivity contribution in [1.82, 2.24) is 0 Å². The Morgan fingerprint density at radius 1 is 0.608 bits per heavy atom. The van der Waals surface area contributed by atoms with E-state index < -0.39 is 164 Å². The molecule has 422 valence electrons. The van der Waals surface area contributed by atoms with E-state index in [2.05, 4.69) is 54.5 Å². The Morgan fingerprint density at radius 3 is 1.89 bits per heavy atom. The molecule has 0 unspecified atom stereocenters. The molecule has 5 aliphatic carbocycles. The van der Waals surface area contributed by atoms with Gasteiger partial charge in [0, 0.05) is 0 Å². The molecule has 22 heteroatoms. The topological polar surface area (TPSA) is 351 Å². The monoisotopic (exact) mass is 1060 g/mol. The van der Waals surface area contributed by atoms with Crippen molar-refractivity contribution in [1.29, 1.82) is 0 Å². The van der Waals surface area contributed by atoms with Gasteiger partial charge in [0.1, 0.15) is 72.6 Å². The van der Waals surface area contributed by atoms with Gasteiger partial charge in [-0.1, -0.05) is 60.1 Å². The van der Waals surface area contributed by atoms with Crippen LogP contribution in [0.15, 0.2) is 11.6 Å². The molecule has 22 nitrogen and oxygen atoms in total. The number of aliphatic hydroxyl groups is 11. The zero-order valence-electron chi connectivity index (χ0n) is 43.6. The van der Waals surface area contributed by atoms with E-state index in [1.807, 2.05) is 0 Å². The fourth-order valence-corrected chi connectivity index (χ4v) is 16.0. The summed E-state index contributed by atoms with van der Waals surface area (Å²) in [6.45, 7) is 16.0. The van der Waals surface area contributed by atoms with Crippen LogP contribution >= 0.6 is 0 Å². The molecule has 4 saturated carbocycles. The van der Waals surface area contributed by atoms with E-state index in [0.29, 0.717) is 32.1 Å². The number of carboxylic acids is 1. The number of carboxylic acid groups (broad SMARTS) is 1. The minimum atomic E-state index is -1.88. The highest BCUT2D eigenvalue weighted by Crippen LogP contribution is 2.76. The second-order valence-electron chi connectivity index (χ2n) is 25.5. The number of allylic oxidation sites excluding steroid dienone is 2. The maximum absolute atomic E-state index is 15.3. The first-order valence-corrected chi connectivity index (χ1v) is 26.6. The molecule has 0 amide bonds. The van der Waals surface area contributed by atoms with Crippen LogP contribution < -0.4 is 0 Å². The quantitative estimate of drug-likeness (QED) is 0.0774. The molecule has 9 rings (SSSR count). The lowest BCUT2D eigenvalue weighted by Gasteiger charge is -2.71. The van der Waals surface area contributed by atoms with E-state index in [1.165, 1.54) is 6.92 Å². The Hall–Kier alpha value is -2.04. The van der Waals surface area contributed by atoms with E-state index in [9.17, 15) is 66.1 Å². The van der Waals surface area contributed by atoms with E-state index >= 15 is 4.79 Å². The lowest BCUT2D eigenvalue weighted by molar-refractivity contribution is -0.369. The third-order valence-corrected chi connectivity index (χ3v) is 20.6. The van der Waals surface area contributed by atoms with Crippen LogP contribution in [-0.2, 0) is 47.5 Å². The highest BCUT2D eigenvalue weighted by molar-refractivity contribution is 5.80. The van der Waals surface area contributed by atoms with E-state index in [1.54, 1.807) is 0 Å². The number of carbonyl (C=O) groups is 2. The predicted molar refractivity (Wildman–Crippen MR) is 251 cm³/mol. The molecule has 74 heavy (non-hydrogen) atoms. The van der Waals surface area contributed by atoms with Crippen molar-refractivity contribution >= 4 is 11.9 Å². The number of aliphatic hydroxyl groups excluding tert-OH is 11. The third-order valence-electron chi connectivity index (χ3n) is 20.6. The van der Waals surface area contributed by atoms with Gasteiger partial charge in [0.25, 0.3) is 0 Å². The summed E-state index contributed by atoms with van der Waals surface area (Å²) in [6, 6.07) is 0. The van der Waals surface area contributed by atoms with E-state index in [-0.39, 0.29) is 47.5 Å².